The topological polar surface area (TPSA) is 124 Å². The minimum Gasteiger partial charge on any atom is -0.493 e. The van der Waals surface area contributed by atoms with Crippen molar-refractivity contribution in [2.75, 3.05) is 26.3 Å². The van der Waals surface area contributed by atoms with Crippen molar-refractivity contribution in [3.05, 3.63) is 64.3 Å². The molecule has 4 N–H and O–H groups in total. The Balaban J connectivity index is 1.54. The summed E-state index contributed by atoms with van der Waals surface area (Å²) in [5.74, 6) is 0.606. The van der Waals surface area contributed by atoms with Gasteiger partial charge in [0.15, 0.2) is 0 Å². The maximum atomic E-state index is 12.8. The van der Waals surface area contributed by atoms with E-state index in [1.54, 1.807) is 11.8 Å². The van der Waals surface area contributed by atoms with Crippen LogP contribution in [-0.4, -0.2) is 64.7 Å². The van der Waals surface area contributed by atoms with Gasteiger partial charge in [0.25, 0.3) is 0 Å². The van der Waals surface area contributed by atoms with Crippen LogP contribution in [0.3, 0.4) is 0 Å². The van der Waals surface area contributed by atoms with E-state index in [-0.39, 0.29) is 38.3 Å². The number of carbonyl (C=O) groups excluding carboxylic acids is 1. The first-order valence-corrected chi connectivity index (χ1v) is 11.9. The van der Waals surface area contributed by atoms with Gasteiger partial charge in [0, 0.05) is 41.1 Å². The number of benzene rings is 2. The summed E-state index contributed by atoms with van der Waals surface area (Å²) in [7, 11) is 0. The number of fused-ring (bicyclic) bond motifs is 3. The average Bonchev–Trinajstić information content (AvgIpc) is 3.20. The molecule has 2 heterocycles. The minimum atomic E-state index is -1.18. The molecule has 0 spiro atoms. The number of nitrogens with one attached hydrogen (secondary N) is 2. The molecule has 186 valence electrons. The standard InChI is InChI=1S/C25H28ClN3O6/c1-2-34-25(33)29-11-9-19-20-13-16(26)5-8-21(20)28-22(19)23(29)15-3-6-18(7-4-15)35-12-10-17(30)14-27-24(31)32/h3-8,13,17,23,27-28,30H,2,9-12,14H2,1H3,(H,31,32)/t17?,23-/m0/s1. The maximum Gasteiger partial charge on any atom is 0.410 e. The molecule has 1 aliphatic heterocycles. The summed E-state index contributed by atoms with van der Waals surface area (Å²) in [6.07, 6.45) is -1.42. The van der Waals surface area contributed by atoms with Gasteiger partial charge in [-0.05, 0) is 54.8 Å². The smallest absolute Gasteiger partial charge is 0.410 e. The lowest BCUT2D eigenvalue weighted by atomic mass is 9.92. The van der Waals surface area contributed by atoms with Crippen molar-refractivity contribution in [2.24, 2.45) is 0 Å². The molecular weight excluding hydrogens is 474 g/mol. The highest BCUT2D eigenvalue weighted by molar-refractivity contribution is 6.31. The fourth-order valence-electron chi connectivity index (χ4n) is 4.38. The third-order valence-electron chi connectivity index (χ3n) is 6.00. The largest absolute Gasteiger partial charge is 0.493 e. The Morgan fingerprint density at radius 2 is 2.03 bits per heavy atom. The Hall–Kier alpha value is -3.43. The van der Waals surface area contributed by atoms with Crippen LogP contribution in [0, 0.1) is 0 Å². The second kappa shape index (κ2) is 10.9. The molecule has 1 aliphatic rings. The number of carbonyl (C=O) groups is 2. The van der Waals surface area contributed by atoms with E-state index in [4.69, 9.17) is 26.2 Å². The van der Waals surface area contributed by atoms with Gasteiger partial charge in [-0.1, -0.05) is 23.7 Å². The molecule has 2 aromatic carbocycles. The molecule has 0 saturated carbocycles. The molecule has 0 saturated heterocycles. The Morgan fingerprint density at radius 3 is 2.74 bits per heavy atom. The van der Waals surface area contributed by atoms with Crippen molar-refractivity contribution in [1.82, 2.24) is 15.2 Å². The first kappa shape index (κ1) is 24.7. The molecule has 0 bridgehead atoms. The third-order valence-corrected chi connectivity index (χ3v) is 6.23. The molecule has 9 nitrogen and oxygen atoms in total. The SMILES string of the molecule is CCOC(=O)N1CCc2c([nH]c3ccc(Cl)cc23)[C@@H]1c1ccc(OCCC(O)CNC(=O)O)cc1. The van der Waals surface area contributed by atoms with Gasteiger partial charge in [0.05, 0.1) is 19.3 Å². The molecule has 4 rings (SSSR count). The molecule has 2 amide bonds. The number of hydrogen-bond acceptors (Lipinski definition) is 5. The zero-order chi connectivity index (χ0) is 24.9. The molecule has 1 aromatic heterocycles. The van der Waals surface area contributed by atoms with Gasteiger partial charge in [0.2, 0.25) is 0 Å². The highest BCUT2D eigenvalue weighted by Gasteiger charge is 2.35. The van der Waals surface area contributed by atoms with Crippen molar-refractivity contribution in [3.63, 3.8) is 0 Å². The lowest BCUT2D eigenvalue weighted by molar-refractivity contribution is 0.0932. The Labute approximate surface area is 207 Å². The van der Waals surface area contributed by atoms with Crippen molar-refractivity contribution in [2.45, 2.75) is 31.9 Å². The number of aromatic nitrogens is 1. The van der Waals surface area contributed by atoms with Gasteiger partial charge < -0.3 is 30.0 Å². The van der Waals surface area contributed by atoms with Crippen LogP contribution in [0.25, 0.3) is 10.9 Å². The summed E-state index contributed by atoms with van der Waals surface area (Å²) < 4.78 is 11.0. The maximum absolute atomic E-state index is 12.8. The summed E-state index contributed by atoms with van der Waals surface area (Å²) in [6, 6.07) is 12.8. The highest BCUT2D eigenvalue weighted by Crippen LogP contribution is 2.39. The third kappa shape index (κ3) is 5.63. The van der Waals surface area contributed by atoms with Crippen LogP contribution in [-0.2, 0) is 11.2 Å². The molecule has 0 fully saturated rings. The van der Waals surface area contributed by atoms with Crippen LogP contribution in [0.1, 0.15) is 36.2 Å². The Bertz CT molecular complexity index is 1200. The number of hydrogen-bond donors (Lipinski definition) is 4. The number of halogens is 1. The fraction of sp³-hybridized carbons (Fsp3) is 0.360. The van der Waals surface area contributed by atoms with Gasteiger partial charge in [-0.25, -0.2) is 9.59 Å². The van der Waals surface area contributed by atoms with E-state index in [1.807, 2.05) is 42.5 Å². The Kier molecular flexibility index (Phi) is 7.67. The molecule has 1 unspecified atom stereocenters. The van der Waals surface area contributed by atoms with E-state index in [9.17, 15) is 14.7 Å². The quantitative estimate of drug-likeness (QED) is 0.364. The van der Waals surface area contributed by atoms with E-state index >= 15 is 0 Å². The summed E-state index contributed by atoms with van der Waals surface area (Å²) in [5.41, 5.74) is 3.93. The predicted molar refractivity (Wildman–Crippen MR) is 131 cm³/mol. The highest BCUT2D eigenvalue weighted by atomic mass is 35.5. The van der Waals surface area contributed by atoms with Crippen LogP contribution in [0.5, 0.6) is 5.75 Å². The van der Waals surface area contributed by atoms with E-state index in [0.29, 0.717) is 23.7 Å². The van der Waals surface area contributed by atoms with Gasteiger partial charge in [0.1, 0.15) is 11.8 Å². The zero-order valence-electron chi connectivity index (χ0n) is 19.3. The number of aliphatic hydroxyl groups is 1. The second-order valence-corrected chi connectivity index (χ2v) is 8.73. The first-order valence-electron chi connectivity index (χ1n) is 11.5. The number of nitrogens with zero attached hydrogens (tertiary/aromatic N) is 1. The normalized spacial score (nSPS) is 16.0. The molecular formula is C25H28ClN3O6. The minimum absolute atomic E-state index is 0.0545. The zero-order valence-corrected chi connectivity index (χ0v) is 20.0. The van der Waals surface area contributed by atoms with Gasteiger partial charge in [-0.2, -0.15) is 0 Å². The van der Waals surface area contributed by atoms with Crippen LogP contribution in [0.2, 0.25) is 5.02 Å². The summed E-state index contributed by atoms with van der Waals surface area (Å²) >= 11 is 6.24. The molecule has 0 radical (unpaired) electrons. The lowest BCUT2D eigenvalue weighted by Crippen LogP contribution is -2.40. The monoisotopic (exact) mass is 501 g/mol. The van der Waals surface area contributed by atoms with Crippen molar-refractivity contribution in [1.29, 1.82) is 0 Å². The molecule has 3 aromatic rings. The molecule has 0 aliphatic carbocycles. The summed E-state index contributed by atoms with van der Waals surface area (Å²) in [6.45, 7) is 2.76. The number of aliphatic hydroxyl groups excluding tert-OH is 1. The van der Waals surface area contributed by atoms with E-state index in [0.717, 1.165) is 27.7 Å². The number of aromatic amines is 1. The number of H-pyrrole nitrogens is 1. The van der Waals surface area contributed by atoms with Crippen molar-refractivity contribution in [3.8, 4) is 5.75 Å². The number of rotatable bonds is 8. The molecule has 2 atom stereocenters. The van der Waals surface area contributed by atoms with E-state index < -0.39 is 12.2 Å². The van der Waals surface area contributed by atoms with Crippen LogP contribution >= 0.6 is 11.6 Å². The van der Waals surface area contributed by atoms with Gasteiger partial charge in [-0.15, -0.1) is 0 Å². The number of amides is 2. The van der Waals surface area contributed by atoms with Crippen molar-refractivity contribution >= 4 is 34.7 Å². The average molecular weight is 502 g/mol. The van der Waals surface area contributed by atoms with Crippen molar-refractivity contribution < 1.29 is 29.3 Å². The van der Waals surface area contributed by atoms with Crippen LogP contribution in [0.15, 0.2) is 42.5 Å². The number of ether oxygens (including phenoxy) is 2. The van der Waals surface area contributed by atoms with E-state index in [1.165, 1.54) is 0 Å². The predicted octanol–water partition coefficient (Wildman–Crippen LogP) is 4.32. The van der Waals surface area contributed by atoms with E-state index in [2.05, 4.69) is 10.3 Å². The first-order chi connectivity index (χ1) is 16.9. The lowest BCUT2D eigenvalue weighted by Gasteiger charge is -2.35. The summed E-state index contributed by atoms with van der Waals surface area (Å²) in [5, 5.41) is 22.3. The summed E-state index contributed by atoms with van der Waals surface area (Å²) in [4.78, 5) is 28.5. The fourth-order valence-corrected chi connectivity index (χ4v) is 4.55. The Morgan fingerprint density at radius 1 is 1.26 bits per heavy atom. The molecule has 10 heteroatoms. The van der Waals surface area contributed by atoms with Gasteiger partial charge >= 0.3 is 12.2 Å². The van der Waals surface area contributed by atoms with Crippen LogP contribution in [0.4, 0.5) is 9.59 Å². The second-order valence-electron chi connectivity index (χ2n) is 8.30. The van der Waals surface area contributed by atoms with Crippen LogP contribution < -0.4 is 10.1 Å². The molecule has 35 heavy (non-hydrogen) atoms. The number of carboxylic acid groups (broad SMARTS) is 1. The van der Waals surface area contributed by atoms with Gasteiger partial charge in [-0.3, -0.25) is 4.90 Å².